The van der Waals surface area contributed by atoms with Gasteiger partial charge in [-0.2, -0.15) is 0 Å². The fraction of sp³-hybridized carbons (Fsp3) is 0.867. The SMILES string of the molecule is CC1CCC(C=CC2CCC(C)CO2)CC1. The fourth-order valence-electron chi connectivity index (χ4n) is 2.81. The molecule has 1 saturated heterocycles. The molecule has 0 aromatic rings. The van der Waals surface area contributed by atoms with Crippen LogP contribution in [0.25, 0.3) is 0 Å². The molecule has 92 valence electrons. The first kappa shape index (κ1) is 12.2. The quantitative estimate of drug-likeness (QED) is 0.637. The van der Waals surface area contributed by atoms with E-state index in [4.69, 9.17) is 4.74 Å². The molecule has 2 atom stereocenters. The maximum absolute atomic E-state index is 5.82. The molecule has 1 aliphatic carbocycles. The van der Waals surface area contributed by atoms with Gasteiger partial charge < -0.3 is 4.74 Å². The van der Waals surface area contributed by atoms with Crippen LogP contribution in [-0.2, 0) is 4.74 Å². The van der Waals surface area contributed by atoms with Crippen molar-refractivity contribution in [2.24, 2.45) is 17.8 Å². The Morgan fingerprint density at radius 3 is 2.12 bits per heavy atom. The Hall–Kier alpha value is -0.300. The molecule has 1 heterocycles. The van der Waals surface area contributed by atoms with Crippen LogP contribution in [0.1, 0.15) is 52.4 Å². The van der Waals surface area contributed by atoms with Gasteiger partial charge in [-0.3, -0.25) is 0 Å². The van der Waals surface area contributed by atoms with E-state index < -0.39 is 0 Å². The fourth-order valence-corrected chi connectivity index (χ4v) is 2.81. The Morgan fingerprint density at radius 2 is 1.50 bits per heavy atom. The van der Waals surface area contributed by atoms with E-state index in [-0.39, 0.29) is 0 Å². The topological polar surface area (TPSA) is 9.23 Å². The number of rotatable bonds is 2. The van der Waals surface area contributed by atoms with Crippen molar-refractivity contribution in [1.29, 1.82) is 0 Å². The van der Waals surface area contributed by atoms with Crippen LogP contribution in [-0.4, -0.2) is 12.7 Å². The maximum atomic E-state index is 5.82. The van der Waals surface area contributed by atoms with Crippen LogP contribution in [0.4, 0.5) is 0 Å². The van der Waals surface area contributed by atoms with Gasteiger partial charge >= 0.3 is 0 Å². The summed E-state index contributed by atoms with van der Waals surface area (Å²) in [5.41, 5.74) is 0. The normalized spacial score (nSPS) is 41.4. The molecule has 2 rings (SSSR count). The summed E-state index contributed by atoms with van der Waals surface area (Å²) < 4.78 is 5.82. The number of hydrogen-bond acceptors (Lipinski definition) is 1. The predicted molar refractivity (Wildman–Crippen MR) is 68.4 cm³/mol. The molecular weight excluding hydrogens is 196 g/mol. The molecule has 1 nitrogen and oxygen atoms in total. The van der Waals surface area contributed by atoms with E-state index in [1.165, 1.54) is 38.5 Å². The number of hydrogen-bond donors (Lipinski definition) is 0. The molecular formula is C15H26O. The molecule has 0 radical (unpaired) electrons. The van der Waals surface area contributed by atoms with Gasteiger partial charge in [-0.05, 0) is 43.4 Å². The van der Waals surface area contributed by atoms with E-state index in [0.29, 0.717) is 6.10 Å². The van der Waals surface area contributed by atoms with Crippen molar-refractivity contribution >= 4 is 0 Å². The number of allylic oxidation sites excluding steroid dienone is 1. The van der Waals surface area contributed by atoms with E-state index in [9.17, 15) is 0 Å². The molecule has 1 aliphatic heterocycles. The minimum atomic E-state index is 0.413. The predicted octanol–water partition coefficient (Wildman–Crippen LogP) is 4.18. The third-order valence-electron chi connectivity index (χ3n) is 4.20. The third-order valence-corrected chi connectivity index (χ3v) is 4.20. The van der Waals surface area contributed by atoms with Crippen molar-refractivity contribution in [3.8, 4) is 0 Å². The first-order valence-electron chi connectivity index (χ1n) is 7.04. The lowest BCUT2D eigenvalue weighted by Gasteiger charge is -2.26. The summed E-state index contributed by atoms with van der Waals surface area (Å²) in [6.45, 7) is 5.62. The van der Waals surface area contributed by atoms with Crippen LogP contribution in [0.3, 0.4) is 0 Å². The molecule has 0 aromatic heterocycles. The smallest absolute Gasteiger partial charge is 0.0756 e. The van der Waals surface area contributed by atoms with Crippen LogP contribution < -0.4 is 0 Å². The first-order valence-corrected chi connectivity index (χ1v) is 7.04. The Kier molecular flexibility index (Phi) is 4.45. The highest BCUT2D eigenvalue weighted by Crippen LogP contribution is 2.29. The third kappa shape index (κ3) is 3.62. The highest BCUT2D eigenvalue weighted by atomic mass is 16.5. The van der Waals surface area contributed by atoms with E-state index in [1.54, 1.807) is 0 Å². The highest BCUT2D eigenvalue weighted by molar-refractivity contribution is 4.96. The van der Waals surface area contributed by atoms with Crippen molar-refractivity contribution in [1.82, 2.24) is 0 Å². The van der Waals surface area contributed by atoms with Gasteiger partial charge in [-0.1, -0.05) is 38.8 Å². The second-order valence-electron chi connectivity index (χ2n) is 5.96. The summed E-state index contributed by atoms with van der Waals surface area (Å²) in [4.78, 5) is 0. The highest BCUT2D eigenvalue weighted by Gasteiger charge is 2.18. The Morgan fingerprint density at radius 1 is 0.812 bits per heavy atom. The van der Waals surface area contributed by atoms with Crippen molar-refractivity contribution in [3.63, 3.8) is 0 Å². The summed E-state index contributed by atoms with van der Waals surface area (Å²) in [5, 5.41) is 0. The average molecular weight is 222 g/mol. The molecule has 0 N–H and O–H groups in total. The summed E-state index contributed by atoms with van der Waals surface area (Å²) >= 11 is 0. The van der Waals surface area contributed by atoms with E-state index in [2.05, 4.69) is 26.0 Å². The van der Waals surface area contributed by atoms with Crippen LogP contribution in [0, 0.1) is 17.8 Å². The van der Waals surface area contributed by atoms with Crippen LogP contribution in [0.15, 0.2) is 12.2 Å². The zero-order valence-electron chi connectivity index (χ0n) is 10.8. The molecule has 16 heavy (non-hydrogen) atoms. The number of ether oxygens (including phenoxy) is 1. The maximum Gasteiger partial charge on any atom is 0.0756 e. The van der Waals surface area contributed by atoms with Crippen molar-refractivity contribution in [2.75, 3.05) is 6.61 Å². The lowest BCUT2D eigenvalue weighted by molar-refractivity contribution is 0.0162. The van der Waals surface area contributed by atoms with Gasteiger partial charge in [-0.15, -0.1) is 0 Å². The van der Waals surface area contributed by atoms with Gasteiger partial charge in [0.2, 0.25) is 0 Å². The minimum absolute atomic E-state index is 0.413. The second kappa shape index (κ2) is 5.86. The second-order valence-corrected chi connectivity index (χ2v) is 5.96. The summed E-state index contributed by atoms with van der Waals surface area (Å²) in [6.07, 6.45) is 13.4. The van der Waals surface area contributed by atoms with Gasteiger partial charge in [0.05, 0.1) is 6.10 Å². The Balaban J connectivity index is 1.72. The molecule has 0 bridgehead atoms. The van der Waals surface area contributed by atoms with Crippen molar-refractivity contribution in [2.45, 2.75) is 58.5 Å². The van der Waals surface area contributed by atoms with E-state index in [0.717, 1.165) is 24.4 Å². The lowest BCUT2D eigenvalue weighted by atomic mass is 9.82. The molecule has 1 saturated carbocycles. The summed E-state index contributed by atoms with van der Waals surface area (Å²) in [5.74, 6) is 2.55. The van der Waals surface area contributed by atoms with Gasteiger partial charge in [0.15, 0.2) is 0 Å². The Labute approximate surface area is 100 Å². The molecule has 0 aromatic carbocycles. The van der Waals surface area contributed by atoms with Gasteiger partial charge in [0.1, 0.15) is 0 Å². The Bertz CT molecular complexity index is 194. The van der Waals surface area contributed by atoms with E-state index >= 15 is 0 Å². The van der Waals surface area contributed by atoms with E-state index in [1.807, 2.05) is 0 Å². The molecule has 1 heteroatoms. The molecule has 2 unspecified atom stereocenters. The largest absolute Gasteiger partial charge is 0.374 e. The molecule has 0 spiro atoms. The molecule has 2 fully saturated rings. The van der Waals surface area contributed by atoms with Crippen molar-refractivity contribution < 1.29 is 4.74 Å². The van der Waals surface area contributed by atoms with Gasteiger partial charge in [0.25, 0.3) is 0 Å². The van der Waals surface area contributed by atoms with Crippen LogP contribution in [0.5, 0.6) is 0 Å². The van der Waals surface area contributed by atoms with Gasteiger partial charge in [0, 0.05) is 6.61 Å². The lowest BCUT2D eigenvalue weighted by Crippen LogP contribution is -2.22. The summed E-state index contributed by atoms with van der Waals surface area (Å²) in [6, 6.07) is 0. The van der Waals surface area contributed by atoms with Crippen LogP contribution >= 0.6 is 0 Å². The molecule has 2 aliphatic rings. The minimum Gasteiger partial charge on any atom is -0.374 e. The first-order chi connectivity index (χ1) is 7.74. The van der Waals surface area contributed by atoms with Gasteiger partial charge in [-0.25, -0.2) is 0 Å². The molecule has 0 amide bonds. The zero-order chi connectivity index (χ0) is 11.4. The summed E-state index contributed by atoms with van der Waals surface area (Å²) in [7, 11) is 0. The zero-order valence-corrected chi connectivity index (χ0v) is 10.8. The standard InChI is InChI=1S/C15H26O/c1-12-3-6-14(7-4-12)8-10-15-9-5-13(2)11-16-15/h8,10,12-15H,3-7,9,11H2,1-2H3. The monoisotopic (exact) mass is 222 g/mol. The van der Waals surface area contributed by atoms with Crippen molar-refractivity contribution in [3.05, 3.63) is 12.2 Å². The average Bonchev–Trinajstić information content (AvgIpc) is 2.30. The van der Waals surface area contributed by atoms with Crippen LogP contribution in [0.2, 0.25) is 0 Å².